The Morgan fingerprint density at radius 2 is 2.21 bits per heavy atom. The van der Waals surface area contributed by atoms with Crippen LogP contribution in [0.5, 0.6) is 0 Å². The summed E-state index contributed by atoms with van der Waals surface area (Å²) >= 11 is 0. The highest BCUT2D eigenvalue weighted by molar-refractivity contribution is 5.19. The van der Waals surface area contributed by atoms with Crippen molar-refractivity contribution in [3.8, 4) is 0 Å². The summed E-state index contributed by atoms with van der Waals surface area (Å²) < 4.78 is 26.4. The minimum absolute atomic E-state index is 0.364. The van der Waals surface area contributed by atoms with Gasteiger partial charge in [0, 0.05) is 0 Å². The molecule has 1 atom stereocenters. The van der Waals surface area contributed by atoms with Crippen molar-refractivity contribution in [1.29, 1.82) is 0 Å². The summed E-state index contributed by atoms with van der Waals surface area (Å²) in [5.41, 5.74) is 0.455. The molecule has 1 aliphatic rings. The molecular weight excluding hydrogens is 184 g/mol. The molecule has 0 bridgehead atoms. The first-order valence-corrected chi connectivity index (χ1v) is 4.86. The molecule has 1 heterocycles. The molecule has 0 aromatic heterocycles. The average Bonchev–Trinajstić information content (AvgIpc) is 2.11. The Bertz CT molecular complexity index is 310. The minimum atomic E-state index is -1.03. The Balaban J connectivity index is 1.98. The second-order valence-electron chi connectivity index (χ2n) is 3.78. The van der Waals surface area contributed by atoms with Gasteiger partial charge in [-0.15, -0.1) is 0 Å². The predicted octanol–water partition coefficient (Wildman–Crippen LogP) is 2.45. The monoisotopic (exact) mass is 197 g/mol. The van der Waals surface area contributed by atoms with Crippen LogP contribution in [-0.4, -0.2) is 13.1 Å². The van der Waals surface area contributed by atoms with Crippen LogP contribution in [0.25, 0.3) is 0 Å². The Morgan fingerprint density at radius 3 is 2.79 bits per heavy atom. The van der Waals surface area contributed by atoms with E-state index in [2.05, 4.69) is 5.32 Å². The lowest BCUT2D eigenvalue weighted by Gasteiger charge is -2.28. The molecule has 14 heavy (non-hydrogen) atoms. The lowest BCUT2D eigenvalue weighted by Crippen LogP contribution is -2.42. The maximum atomic E-state index is 13.6. The molecule has 0 aliphatic carbocycles. The zero-order valence-electron chi connectivity index (χ0n) is 7.84. The lowest BCUT2D eigenvalue weighted by molar-refractivity contribution is 0.224. The molecule has 2 rings (SSSR count). The van der Waals surface area contributed by atoms with Crippen LogP contribution in [0.1, 0.15) is 18.2 Å². The van der Waals surface area contributed by atoms with Gasteiger partial charge in [0.05, 0.1) is 0 Å². The summed E-state index contributed by atoms with van der Waals surface area (Å²) in [5, 5.41) is 3.09. The first kappa shape index (κ1) is 9.59. The van der Waals surface area contributed by atoms with E-state index in [4.69, 9.17) is 0 Å². The maximum Gasteiger partial charge on any atom is 0.126 e. The highest BCUT2D eigenvalue weighted by Crippen LogP contribution is 2.27. The molecular formula is C11H13F2N. The standard InChI is InChI=1S/C11H13F2N/c12-10-3-1-2-9(5-10)11(13)4-8-6-14-7-8/h1-3,5,8,11,14H,4,6-7H2. The van der Waals surface area contributed by atoms with Gasteiger partial charge in [-0.05, 0) is 43.1 Å². The van der Waals surface area contributed by atoms with E-state index in [9.17, 15) is 8.78 Å². The second-order valence-corrected chi connectivity index (χ2v) is 3.78. The van der Waals surface area contributed by atoms with Gasteiger partial charge < -0.3 is 5.32 Å². The van der Waals surface area contributed by atoms with Crippen molar-refractivity contribution in [1.82, 2.24) is 5.32 Å². The van der Waals surface area contributed by atoms with Gasteiger partial charge in [-0.1, -0.05) is 12.1 Å². The topological polar surface area (TPSA) is 12.0 Å². The van der Waals surface area contributed by atoms with Gasteiger partial charge >= 0.3 is 0 Å². The highest BCUT2D eigenvalue weighted by Gasteiger charge is 2.22. The summed E-state index contributed by atoms with van der Waals surface area (Å²) in [4.78, 5) is 0. The third-order valence-corrected chi connectivity index (χ3v) is 2.62. The van der Waals surface area contributed by atoms with Gasteiger partial charge in [0.2, 0.25) is 0 Å². The first-order chi connectivity index (χ1) is 6.75. The number of hydrogen-bond acceptors (Lipinski definition) is 1. The molecule has 1 N–H and O–H groups in total. The van der Waals surface area contributed by atoms with Crippen molar-refractivity contribution in [2.75, 3.05) is 13.1 Å². The Labute approximate surface area is 82.1 Å². The fourth-order valence-electron chi connectivity index (χ4n) is 1.65. The van der Waals surface area contributed by atoms with E-state index in [1.807, 2.05) is 0 Å². The average molecular weight is 197 g/mol. The minimum Gasteiger partial charge on any atom is -0.316 e. The van der Waals surface area contributed by atoms with Crippen LogP contribution in [0.3, 0.4) is 0 Å². The van der Waals surface area contributed by atoms with Crippen LogP contribution in [0, 0.1) is 11.7 Å². The Morgan fingerprint density at radius 1 is 1.43 bits per heavy atom. The molecule has 1 fully saturated rings. The number of halogens is 2. The number of rotatable bonds is 3. The van der Waals surface area contributed by atoms with E-state index in [1.165, 1.54) is 12.1 Å². The SMILES string of the molecule is Fc1cccc(C(F)CC2CNC2)c1. The van der Waals surface area contributed by atoms with Crippen LogP contribution in [0.4, 0.5) is 8.78 Å². The molecule has 1 aromatic rings. The van der Waals surface area contributed by atoms with E-state index < -0.39 is 6.17 Å². The van der Waals surface area contributed by atoms with Crippen molar-refractivity contribution in [3.63, 3.8) is 0 Å². The molecule has 0 spiro atoms. The predicted molar refractivity (Wildman–Crippen MR) is 51.2 cm³/mol. The van der Waals surface area contributed by atoms with E-state index in [-0.39, 0.29) is 5.82 Å². The lowest BCUT2D eigenvalue weighted by atomic mass is 9.93. The van der Waals surface area contributed by atoms with E-state index in [0.717, 1.165) is 13.1 Å². The van der Waals surface area contributed by atoms with Crippen LogP contribution in [0.2, 0.25) is 0 Å². The fraction of sp³-hybridized carbons (Fsp3) is 0.455. The van der Waals surface area contributed by atoms with Crippen molar-refractivity contribution in [2.24, 2.45) is 5.92 Å². The summed E-state index contributed by atoms with van der Waals surface area (Å²) in [6.45, 7) is 1.77. The first-order valence-electron chi connectivity index (χ1n) is 4.86. The maximum absolute atomic E-state index is 13.6. The third kappa shape index (κ3) is 2.10. The second kappa shape index (κ2) is 4.05. The van der Waals surface area contributed by atoms with Gasteiger partial charge in [0.1, 0.15) is 12.0 Å². The van der Waals surface area contributed by atoms with Gasteiger partial charge in [-0.25, -0.2) is 8.78 Å². The molecule has 1 aromatic carbocycles. The van der Waals surface area contributed by atoms with Crippen LogP contribution >= 0.6 is 0 Å². The molecule has 1 unspecified atom stereocenters. The van der Waals surface area contributed by atoms with E-state index >= 15 is 0 Å². The third-order valence-electron chi connectivity index (χ3n) is 2.62. The molecule has 76 valence electrons. The summed E-state index contributed by atoms with van der Waals surface area (Å²) in [6.07, 6.45) is -0.533. The van der Waals surface area contributed by atoms with Gasteiger partial charge in [0.15, 0.2) is 0 Å². The highest BCUT2D eigenvalue weighted by atomic mass is 19.1. The number of alkyl halides is 1. The van der Waals surface area contributed by atoms with Crippen molar-refractivity contribution in [2.45, 2.75) is 12.6 Å². The molecule has 1 aliphatic heterocycles. The molecule has 0 radical (unpaired) electrons. The van der Waals surface area contributed by atoms with Gasteiger partial charge in [-0.2, -0.15) is 0 Å². The van der Waals surface area contributed by atoms with Gasteiger partial charge in [-0.3, -0.25) is 0 Å². The largest absolute Gasteiger partial charge is 0.316 e. The van der Waals surface area contributed by atoms with E-state index in [1.54, 1.807) is 12.1 Å². The van der Waals surface area contributed by atoms with Crippen molar-refractivity contribution < 1.29 is 8.78 Å². The fourth-order valence-corrected chi connectivity index (χ4v) is 1.65. The Kier molecular flexibility index (Phi) is 2.77. The molecule has 0 amide bonds. The summed E-state index contributed by atoms with van der Waals surface area (Å²) in [7, 11) is 0. The normalized spacial score (nSPS) is 19.0. The van der Waals surface area contributed by atoms with Crippen LogP contribution in [-0.2, 0) is 0 Å². The summed E-state index contributed by atoms with van der Waals surface area (Å²) in [6, 6.07) is 5.80. The quantitative estimate of drug-likeness (QED) is 0.784. The van der Waals surface area contributed by atoms with Crippen molar-refractivity contribution in [3.05, 3.63) is 35.6 Å². The zero-order chi connectivity index (χ0) is 9.97. The van der Waals surface area contributed by atoms with Crippen LogP contribution in [0.15, 0.2) is 24.3 Å². The number of hydrogen-bond donors (Lipinski definition) is 1. The molecule has 0 saturated carbocycles. The van der Waals surface area contributed by atoms with Gasteiger partial charge in [0.25, 0.3) is 0 Å². The zero-order valence-corrected chi connectivity index (χ0v) is 7.84. The van der Waals surface area contributed by atoms with E-state index in [0.29, 0.717) is 17.9 Å². The Hall–Kier alpha value is -0.960. The van der Waals surface area contributed by atoms with Crippen molar-refractivity contribution >= 4 is 0 Å². The molecule has 1 nitrogen and oxygen atoms in total. The van der Waals surface area contributed by atoms with Crippen LogP contribution < -0.4 is 5.32 Å². The number of benzene rings is 1. The molecule has 1 saturated heterocycles. The molecule has 3 heteroatoms. The summed E-state index contributed by atoms with van der Waals surface area (Å²) in [5.74, 6) is 0.0464. The smallest absolute Gasteiger partial charge is 0.126 e. The number of nitrogens with one attached hydrogen (secondary N) is 1.